The van der Waals surface area contributed by atoms with Gasteiger partial charge in [-0.1, -0.05) is 44.4 Å². The molecule has 0 bridgehead atoms. The zero-order valence-electron chi connectivity index (χ0n) is 9.03. The molecular formula is C11H19NOS. The van der Waals surface area contributed by atoms with Crippen LogP contribution in [0.5, 0.6) is 0 Å². The van der Waals surface area contributed by atoms with Gasteiger partial charge >= 0.3 is 4.87 Å². The van der Waals surface area contributed by atoms with Gasteiger partial charge in [0.2, 0.25) is 0 Å². The summed E-state index contributed by atoms with van der Waals surface area (Å²) in [5, 5.41) is 1.87. The Balaban J connectivity index is 2.48. The van der Waals surface area contributed by atoms with Gasteiger partial charge in [-0.3, -0.25) is 4.79 Å². The lowest BCUT2D eigenvalue weighted by Gasteiger charge is -2.14. The van der Waals surface area contributed by atoms with E-state index in [1.807, 2.05) is 16.1 Å². The fourth-order valence-electron chi connectivity index (χ4n) is 1.62. The van der Waals surface area contributed by atoms with Crippen LogP contribution in [0.1, 0.15) is 39.5 Å². The summed E-state index contributed by atoms with van der Waals surface area (Å²) >= 11 is 1.29. The Morgan fingerprint density at radius 2 is 2.29 bits per heavy atom. The zero-order valence-corrected chi connectivity index (χ0v) is 9.85. The molecule has 1 aromatic heterocycles. The molecule has 1 unspecified atom stereocenters. The van der Waals surface area contributed by atoms with Gasteiger partial charge in [-0.05, 0) is 12.3 Å². The maximum absolute atomic E-state index is 11.3. The van der Waals surface area contributed by atoms with Crippen molar-refractivity contribution >= 4 is 11.3 Å². The SMILES string of the molecule is CCCCC(CC)Cn1ccsc1=O. The normalized spacial score (nSPS) is 13.0. The summed E-state index contributed by atoms with van der Waals surface area (Å²) in [6.45, 7) is 5.32. The number of aromatic nitrogens is 1. The van der Waals surface area contributed by atoms with Gasteiger partial charge in [0.25, 0.3) is 0 Å². The van der Waals surface area contributed by atoms with Gasteiger partial charge in [0.1, 0.15) is 0 Å². The minimum atomic E-state index is 0.181. The number of hydrogen-bond acceptors (Lipinski definition) is 2. The van der Waals surface area contributed by atoms with E-state index in [0.717, 1.165) is 6.54 Å². The van der Waals surface area contributed by atoms with Crippen LogP contribution >= 0.6 is 11.3 Å². The molecule has 2 nitrogen and oxygen atoms in total. The molecule has 0 aliphatic carbocycles. The third-order valence-electron chi connectivity index (χ3n) is 2.64. The van der Waals surface area contributed by atoms with Crippen molar-refractivity contribution in [2.75, 3.05) is 0 Å². The third-order valence-corrected chi connectivity index (χ3v) is 3.34. The lowest BCUT2D eigenvalue weighted by atomic mass is 9.99. The molecule has 0 spiro atoms. The maximum atomic E-state index is 11.3. The van der Waals surface area contributed by atoms with Crippen molar-refractivity contribution < 1.29 is 0 Å². The Kier molecular flexibility index (Phi) is 4.94. The van der Waals surface area contributed by atoms with Crippen LogP contribution in [0.15, 0.2) is 16.4 Å². The Bertz CT molecular complexity index is 302. The molecule has 0 N–H and O–H groups in total. The Morgan fingerprint density at radius 3 is 2.79 bits per heavy atom. The first kappa shape index (κ1) is 11.5. The second kappa shape index (κ2) is 6.02. The van der Waals surface area contributed by atoms with E-state index < -0.39 is 0 Å². The molecule has 0 radical (unpaired) electrons. The van der Waals surface area contributed by atoms with Gasteiger partial charge in [0.15, 0.2) is 0 Å². The van der Waals surface area contributed by atoms with Gasteiger partial charge in [-0.25, -0.2) is 0 Å². The van der Waals surface area contributed by atoms with Gasteiger partial charge in [0.05, 0.1) is 0 Å². The Morgan fingerprint density at radius 1 is 1.50 bits per heavy atom. The molecule has 0 aliphatic heterocycles. The number of unbranched alkanes of at least 4 members (excludes halogenated alkanes) is 1. The number of hydrogen-bond donors (Lipinski definition) is 0. The smallest absolute Gasteiger partial charge is 0.306 e. The van der Waals surface area contributed by atoms with Crippen LogP contribution in [0, 0.1) is 5.92 Å². The van der Waals surface area contributed by atoms with E-state index >= 15 is 0 Å². The van der Waals surface area contributed by atoms with Crippen LogP contribution < -0.4 is 4.87 Å². The summed E-state index contributed by atoms with van der Waals surface area (Å²) in [6.07, 6.45) is 6.84. The van der Waals surface area contributed by atoms with Crippen molar-refractivity contribution in [3.05, 3.63) is 21.2 Å². The van der Waals surface area contributed by atoms with Gasteiger partial charge < -0.3 is 4.57 Å². The minimum Gasteiger partial charge on any atom is -0.306 e. The summed E-state index contributed by atoms with van der Waals surface area (Å²) in [5.41, 5.74) is 0. The van der Waals surface area contributed by atoms with E-state index in [0.29, 0.717) is 5.92 Å². The first-order chi connectivity index (χ1) is 6.77. The second-order valence-corrected chi connectivity index (χ2v) is 4.59. The molecule has 1 aromatic rings. The first-order valence-corrected chi connectivity index (χ1v) is 6.29. The van der Waals surface area contributed by atoms with Gasteiger partial charge in [0, 0.05) is 18.1 Å². The summed E-state index contributed by atoms with van der Waals surface area (Å²) < 4.78 is 1.84. The van der Waals surface area contributed by atoms with Crippen molar-refractivity contribution in [3.8, 4) is 0 Å². The van der Waals surface area contributed by atoms with Crippen LogP contribution in [-0.2, 0) is 6.54 Å². The largest absolute Gasteiger partial charge is 0.307 e. The van der Waals surface area contributed by atoms with Gasteiger partial charge in [-0.2, -0.15) is 0 Å². The molecule has 3 heteroatoms. The number of nitrogens with zero attached hydrogens (tertiary/aromatic N) is 1. The molecule has 14 heavy (non-hydrogen) atoms. The number of thiazole rings is 1. The van der Waals surface area contributed by atoms with Crippen molar-refractivity contribution in [1.82, 2.24) is 4.57 Å². The summed E-state index contributed by atoms with van der Waals surface area (Å²) in [4.78, 5) is 11.5. The van der Waals surface area contributed by atoms with E-state index in [1.165, 1.54) is 37.0 Å². The molecule has 0 saturated carbocycles. The zero-order chi connectivity index (χ0) is 10.4. The highest BCUT2D eigenvalue weighted by molar-refractivity contribution is 7.07. The van der Waals surface area contributed by atoms with E-state index in [2.05, 4.69) is 13.8 Å². The number of rotatable bonds is 6. The van der Waals surface area contributed by atoms with E-state index in [4.69, 9.17) is 0 Å². The molecule has 80 valence electrons. The van der Waals surface area contributed by atoms with E-state index in [-0.39, 0.29) is 4.87 Å². The highest BCUT2D eigenvalue weighted by atomic mass is 32.1. The Hall–Kier alpha value is -0.570. The maximum Gasteiger partial charge on any atom is 0.307 e. The molecular weight excluding hydrogens is 194 g/mol. The molecule has 0 amide bonds. The fraction of sp³-hybridized carbons (Fsp3) is 0.727. The van der Waals surface area contributed by atoms with Crippen LogP contribution in [-0.4, -0.2) is 4.57 Å². The molecule has 1 atom stereocenters. The molecule has 0 aliphatic rings. The molecule has 1 rings (SSSR count). The first-order valence-electron chi connectivity index (χ1n) is 5.41. The molecule has 1 heterocycles. The summed E-state index contributed by atoms with van der Waals surface area (Å²) in [7, 11) is 0. The standard InChI is InChI=1S/C11H19NOS/c1-3-5-6-10(4-2)9-12-7-8-14-11(12)13/h7-8,10H,3-6,9H2,1-2H3. The van der Waals surface area contributed by atoms with Crippen LogP contribution in [0.25, 0.3) is 0 Å². The monoisotopic (exact) mass is 213 g/mol. The predicted octanol–water partition coefficient (Wildman–Crippen LogP) is 3.13. The van der Waals surface area contributed by atoms with Crippen LogP contribution in [0.4, 0.5) is 0 Å². The van der Waals surface area contributed by atoms with Crippen molar-refractivity contribution in [2.24, 2.45) is 5.92 Å². The van der Waals surface area contributed by atoms with Crippen LogP contribution in [0.3, 0.4) is 0 Å². The average Bonchev–Trinajstić information content (AvgIpc) is 2.59. The lowest BCUT2D eigenvalue weighted by molar-refractivity contribution is 0.388. The van der Waals surface area contributed by atoms with Crippen LogP contribution in [0.2, 0.25) is 0 Å². The minimum absolute atomic E-state index is 0.181. The topological polar surface area (TPSA) is 22.0 Å². The summed E-state index contributed by atoms with van der Waals surface area (Å²) in [5.74, 6) is 0.669. The van der Waals surface area contributed by atoms with E-state index in [9.17, 15) is 4.79 Å². The van der Waals surface area contributed by atoms with Crippen molar-refractivity contribution in [2.45, 2.75) is 46.1 Å². The second-order valence-electron chi connectivity index (χ2n) is 3.74. The highest BCUT2D eigenvalue weighted by Gasteiger charge is 2.07. The third kappa shape index (κ3) is 3.29. The molecule has 0 fully saturated rings. The van der Waals surface area contributed by atoms with Crippen molar-refractivity contribution in [1.29, 1.82) is 0 Å². The van der Waals surface area contributed by atoms with Gasteiger partial charge in [-0.15, -0.1) is 0 Å². The highest BCUT2D eigenvalue weighted by Crippen LogP contribution is 2.14. The van der Waals surface area contributed by atoms with Crippen molar-refractivity contribution in [3.63, 3.8) is 0 Å². The lowest BCUT2D eigenvalue weighted by Crippen LogP contribution is -2.18. The summed E-state index contributed by atoms with van der Waals surface area (Å²) in [6, 6.07) is 0. The quantitative estimate of drug-likeness (QED) is 0.711. The fourth-order valence-corrected chi connectivity index (χ4v) is 2.22. The molecule has 0 aromatic carbocycles. The van der Waals surface area contributed by atoms with E-state index in [1.54, 1.807) is 0 Å². The molecule has 0 saturated heterocycles. The Labute approximate surface area is 89.6 Å². The predicted molar refractivity (Wildman–Crippen MR) is 61.9 cm³/mol. The average molecular weight is 213 g/mol.